The van der Waals surface area contributed by atoms with E-state index in [4.69, 9.17) is 0 Å². The summed E-state index contributed by atoms with van der Waals surface area (Å²) >= 11 is 0. The summed E-state index contributed by atoms with van der Waals surface area (Å²) in [5.41, 5.74) is 4.26. The molecule has 3 N–H and O–H groups in total. The maximum absolute atomic E-state index is 15.1. The zero-order chi connectivity index (χ0) is 46.6. The largest absolute Gasteiger partial charge is 0.352 e. The number of nitrogens with one attached hydrogen (secondary N) is 3. The lowest BCUT2D eigenvalue weighted by Crippen LogP contribution is -2.46. The van der Waals surface area contributed by atoms with Crippen LogP contribution in [-0.4, -0.2) is 73.2 Å². The molecule has 66 heavy (non-hydrogen) atoms. The highest BCUT2D eigenvalue weighted by atomic mass is 16.2. The van der Waals surface area contributed by atoms with Gasteiger partial charge in [-0.3, -0.25) is 43.5 Å². The Morgan fingerprint density at radius 1 is 0.379 bits per heavy atom. The van der Waals surface area contributed by atoms with E-state index in [9.17, 15) is 14.4 Å². The van der Waals surface area contributed by atoms with E-state index in [1.807, 2.05) is 57.2 Å². The SMILES string of the molecule is Cc1ccc(N(CC(=O)NC2CCCCC2)C(=O)c2cc(C(=O)N(CC(=O)NC3CCCCC3)c3ccc(C)cc3)cc(C(=O)N(CC(=O)NC3CCCCC3)c3ccc(C)cc3)c2)cc1. The number of hydrogen-bond donors (Lipinski definition) is 3. The Bertz CT molecular complexity index is 2060. The van der Waals surface area contributed by atoms with Crippen molar-refractivity contribution in [2.24, 2.45) is 0 Å². The molecule has 0 aliphatic heterocycles. The number of aryl methyl sites for hydroxylation is 3. The number of carbonyl (C=O) groups excluding carboxylic acids is 6. The molecule has 12 nitrogen and oxygen atoms in total. The van der Waals surface area contributed by atoms with Crippen molar-refractivity contribution in [1.82, 2.24) is 16.0 Å². The van der Waals surface area contributed by atoms with Gasteiger partial charge in [0, 0.05) is 51.9 Å². The molecule has 3 fully saturated rings. The predicted molar refractivity (Wildman–Crippen MR) is 260 cm³/mol. The van der Waals surface area contributed by atoms with Gasteiger partial charge in [-0.25, -0.2) is 0 Å². The van der Waals surface area contributed by atoms with Gasteiger partial charge in [-0.2, -0.15) is 0 Å². The highest BCUT2D eigenvalue weighted by Crippen LogP contribution is 2.27. The van der Waals surface area contributed by atoms with Crippen molar-refractivity contribution in [3.05, 3.63) is 124 Å². The van der Waals surface area contributed by atoms with Gasteiger partial charge in [0.15, 0.2) is 0 Å². The highest BCUT2D eigenvalue weighted by Gasteiger charge is 2.30. The first-order chi connectivity index (χ1) is 31.9. The smallest absolute Gasteiger partial charge is 0.258 e. The molecule has 348 valence electrons. The number of amides is 6. The van der Waals surface area contributed by atoms with Crippen molar-refractivity contribution in [1.29, 1.82) is 0 Å². The average molecular weight is 895 g/mol. The van der Waals surface area contributed by atoms with E-state index in [1.54, 1.807) is 36.4 Å². The van der Waals surface area contributed by atoms with Crippen molar-refractivity contribution in [2.45, 2.75) is 135 Å². The Labute approximate surface area is 389 Å². The van der Waals surface area contributed by atoms with Crippen LogP contribution in [-0.2, 0) is 14.4 Å². The van der Waals surface area contributed by atoms with Gasteiger partial charge < -0.3 is 16.0 Å². The van der Waals surface area contributed by atoms with Crippen LogP contribution in [0.3, 0.4) is 0 Å². The number of anilines is 3. The number of rotatable bonds is 15. The summed E-state index contributed by atoms with van der Waals surface area (Å²) in [7, 11) is 0. The molecule has 6 amide bonds. The van der Waals surface area contributed by atoms with Gasteiger partial charge in [0.25, 0.3) is 17.7 Å². The van der Waals surface area contributed by atoms with Crippen LogP contribution < -0.4 is 30.7 Å². The molecule has 4 aromatic rings. The Morgan fingerprint density at radius 2 is 0.606 bits per heavy atom. The summed E-state index contributed by atoms with van der Waals surface area (Å²) < 4.78 is 0. The molecule has 7 rings (SSSR count). The molecule has 0 aromatic heterocycles. The van der Waals surface area contributed by atoms with Gasteiger partial charge in [0.05, 0.1) is 0 Å². The van der Waals surface area contributed by atoms with Crippen molar-refractivity contribution in [3.63, 3.8) is 0 Å². The molecule has 12 heteroatoms. The van der Waals surface area contributed by atoms with Crippen LogP contribution in [0.25, 0.3) is 0 Å². The van der Waals surface area contributed by atoms with Crippen LogP contribution in [0.15, 0.2) is 91.0 Å². The molecule has 4 aromatic carbocycles. The standard InChI is InChI=1S/C54H66N6O6/c1-37-19-25-46(26-20-37)58(34-49(61)55-43-13-7-4-8-14-43)52(64)40-31-41(53(65)59(47-27-21-38(2)22-28-47)35-50(62)56-44-15-9-5-10-16-44)33-42(32-40)54(66)60(48-29-23-39(3)24-30-48)36-51(63)57-45-17-11-6-12-18-45/h19-33,43-45H,4-18,34-36H2,1-3H3,(H,55,61)(H,56,62)(H,57,63). The van der Waals surface area contributed by atoms with Crippen molar-refractivity contribution < 1.29 is 28.8 Å². The second kappa shape index (κ2) is 22.7. The first-order valence-corrected chi connectivity index (χ1v) is 24.1. The Balaban J connectivity index is 1.30. The molecule has 0 saturated heterocycles. The van der Waals surface area contributed by atoms with Gasteiger partial charge in [-0.15, -0.1) is 0 Å². The van der Waals surface area contributed by atoms with Crippen LogP contribution in [0, 0.1) is 20.8 Å². The lowest BCUT2D eigenvalue weighted by Gasteiger charge is -2.28. The minimum absolute atomic E-state index is 0.0116. The molecule has 0 spiro atoms. The number of hydrogen-bond acceptors (Lipinski definition) is 6. The summed E-state index contributed by atoms with van der Waals surface area (Å²) in [5, 5.41) is 9.40. The molecular weight excluding hydrogens is 829 g/mol. The average Bonchev–Trinajstić information content (AvgIpc) is 3.33. The summed E-state index contributed by atoms with van der Waals surface area (Å²) in [6.45, 7) is 4.91. The van der Waals surface area contributed by atoms with E-state index in [1.165, 1.54) is 32.9 Å². The quantitative estimate of drug-likeness (QED) is 0.109. The van der Waals surface area contributed by atoms with Gasteiger partial charge in [-0.1, -0.05) is 111 Å². The summed E-state index contributed by atoms with van der Waals surface area (Å²) in [6.07, 6.45) is 14.7. The fourth-order valence-corrected chi connectivity index (χ4v) is 9.47. The molecule has 0 heterocycles. The number of benzene rings is 4. The fraction of sp³-hybridized carbons (Fsp3) is 0.444. The maximum Gasteiger partial charge on any atom is 0.258 e. The predicted octanol–water partition coefficient (Wildman–Crippen LogP) is 8.90. The van der Waals surface area contributed by atoms with Crippen molar-refractivity contribution in [3.8, 4) is 0 Å². The molecule has 3 aliphatic carbocycles. The third-order valence-electron chi connectivity index (χ3n) is 13.3. The van der Waals surface area contributed by atoms with Gasteiger partial charge in [0.1, 0.15) is 19.6 Å². The van der Waals surface area contributed by atoms with Gasteiger partial charge in [-0.05, 0) is 114 Å². The van der Waals surface area contributed by atoms with E-state index in [2.05, 4.69) is 16.0 Å². The van der Waals surface area contributed by atoms with Crippen LogP contribution in [0.1, 0.15) is 144 Å². The molecule has 0 radical (unpaired) electrons. The monoisotopic (exact) mass is 895 g/mol. The molecule has 0 bridgehead atoms. The van der Waals surface area contributed by atoms with E-state index in [0.717, 1.165) is 113 Å². The zero-order valence-corrected chi connectivity index (χ0v) is 38.9. The summed E-state index contributed by atoms with van der Waals surface area (Å²) in [6, 6.07) is 26.2. The van der Waals surface area contributed by atoms with Gasteiger partial charge in [0.2, 0.25) is 17.7 Å². The minimum atomic E-state index is -0.602. The zero-order valence-electron chi connectivity index (χ0n) is 38.9. The molecular formula is C54H66N6O6. The first-order valence-electron chi connectivity index (χ1n) is 24.1. The van der Waals surface area contributed by atoms with E-state index in [-0.39, 0.29) is 72.2 Å². The Kier molecular flexibility index (Phi) is 16.4. The van der Waals surface area contributed by atoms with Gasteiger partial charge >= 0.3 is 0 Å². The maximum atomic E-state index is 15.1. The van der Waals surface area contributed by atoms with E-state index >= 15 is 14.4 Å². The fourth-order valence-electron chi connectivity index (χ4n) is 9.47. The normalized spacial score (nSPS) is 15.9. The third kappa shape index (κ3) is 12.9. The molecule has 0 atom stereocenters. The van der Waals surface area contributed by atoms with Crippen LogP contribution >= 0.6 is 0 Å². The van der Waals surface area contributed by atoms with Crippen molar-refractivity contribution >= 4 is 52.5 Å². The minimum Gasteiger partial charge on any atom is -0.352 e. The highest BCUT2D eigenvalue weighted by molar-refractivity contribution is 6.16. The summed E-state index contributed by atoms with van der Waals surface area (Å²) in [5.74, 6) is -2.75. The number of nitrogens with zero attached hydrogens (tertiary/aromatic N) is 3. The molecule has 0 unspecified atom stereocenters. The Morgan fingerprint density at radius 3 is 0.833 bits per heavy atom. The molecule has 3 aliphatic rings. The van der Waals surface area contributed by atoms with E-state index in [0.29, 0.717) is 17.1 Å². The lowest BCUT2D eigenvalue weighted by molar-refractivity contribution is -0.121. The van der Waals surface area contributed by atoms with Crippen LogP contribution in [0.2, 0.25) is 0 Å². The third-order valence-corrected chi connectivity index (χ3v) is 13.3. The van der Waals surface area contributed by atoms with Crippen LogP contribution in [0.5, 0.6) is 0 Å². The Hall–Kier alpha value is -6.30. The molecule has 3 saturated carbocycles. The second-order valence-electron chi connectivity index (χ2n) is 18.7. The topological polar surface area (TPSA) is 148 Å². The van der Waals surface area contributed by atoms with Crippen LogP contribution in [0.4, 0.5) is 17.1 Å². The second-order valence-corrected chi connectivity index (χ2v) is 18.7. The number of carbonyl (C=O) groups is 6. The van der Waals surface area contributed by atoms with E-state index < -0.39 is 17.7 Å². The summed E-state index contributed by atoms with van der Waals surface area (Å²) in [4.78, 5) is 90.8. The first kappa shape index (κ1) is 47.7. The lowest BCUT2D eigenvalue weighted by atomic mass is 9.95. The van der Waals surface area contributed by atoms with Crippen molar-refractivity contribution in [2.75, 3.05) is 34.3 Å².